The van der Waals surface area contributed by atoms with Gasteiger partial charge in [-0.2, -0.15) is 0 Å². The highest BCUT2D eigenvalue weighted by Crippen LogP contribution is 2.29. The molecule has 2 rings (SSSR count). The summed E-state index contributed by atoms with van der Waals surface area (Å²) in [6.45, 7) is 1.67. The number of halogens is 3. The van der Waals surface area contributed by atoms with Crippen LogP contribution in [0.2, 0.25) is 10.0 Å². The van der Waals surface area contributed by atoms with E-state index in [9.17, 15) is 8.42 Å². The first kappa shape index (κ1) is 19.0. The van der Waals surface area contributed by atoms with Crippen LogP contribution in [0, 0.1) is 0 Å². The van der Waals surface area contributed by atoms with E-state index in [0.29, 0.717) is 29.8 Å². The van der Waals surface area contributed by atoms with Crippen molar-refractivity contribution in [2.24, 2.45) is 0 Å². The van der Waals surface area contributed by atoms with Gasteiger partial charge in [-0.3, -0.25) is 0 Å². The van der Waals surface area contributed by atoms with E-state index in [-0.39, 0.29) is 30.1 Å². The van der Waals surface area contributed by atoms with Crippen LogP contribution in [0.15, 0.2) is 18.2 Å². The van der Waals surface area contributed by atoms with E-state index in [4.69, 9.17) is 27.9 Å². The Balaban J connectivity index is 0.00000220. The first-order valence-corrected chi connectivity index (χ1v) is 9.12. The summed E-state index contributed by atoms with van der Waals surface area (Å²) < 4.78 is 28.7. The highest BCUT2D eigenvalue weighted by atomic mass is 35.5. The minimum absolute atomic E-state index is 0. The minimum Gasteiger partial charge on any atom is -0.379 e. The lowest BCUT2D eigenvalue weighted by Gasteiger charge is -2.25. The summed E-state index contributed by atoms with van der Waals surface area (Å²) in [5.41, 5.74) is 0.933. The van der Waals surface area contributed by atoms with Crippen LogP contribution in [0.3, 0.4) is 0 Å². The molecule has 1 aromatic carbocycles. The molecule has 2 atom stereocenters. The Morgan fingerprint density at radius 2 is 2.05 bits per heavy atom. The van der Waals surface area contributed by atoms with Gasteiger partial charge in [-0.1, -0.05) is 29.3 Å². The molecule has 2 unspecified atom stereocenters. The molecule has 0 bridgehead atoms. The third-order valence-corrected chi connectivity index (χ3v) is 4.99. The van der Waals surface area contributed by atoms with Gasteiger partial charge in [0.05, 0.1) is 29.0 Å². The first-order chi connectivity index (χ1) is 9.37. The molecule has 1 N–H and O–H groups in total. The summed E-state index contributed by atoms with van der Waals surface area (Å²) in [5.74, 6) is 0.00311. The van der Waals surface area contributed by atoms with E-state index in [1.54, 1.807) is 12.1 Å². The Hall–Kier alpha value is -0.0400. The molecular weight excluding hydrogens is 357 g/mol. The van der Waals surface area contributed by atoms with E-state index in [1.165, 1.54) is 6.26 Å². The van der Waals surface area contributed by atoms with Crippen LogP contribution in [0.5, 0.6) is 0 Å². The van der Waals surface area contributed by atoms with Crippen molar-refractivity contribution in [2.45, 2.75) is 12.0 Å². The minimum atomic E-state index is -3.08. The summed E-state index contributed by atoms with van der Waals surface area (Å²) in [6.07, 6.45) is 1.24. The van der Waals surface area contributed by atoms with Crippen LogP contribution in [-0.4, -0.2) is 46.2 Å². The summed E-state index contributed by atoms with van der Waals surface area (Å²) in [5, 5.41) is 4.19. The Morgan fingerprint density at radius 3 is 2.67 bits per heavy atom. The lowest BCUT2D eigenvalue weighted by Crippen LogP contribution is -2.40. The van der Waals surface area contributed by atoms with E-state index in [2.05, 4.69) is 5.32 Å². The van der Waals surface area contributed by atoms with Gasteiger partial charge in [-0.15, -0.1) is 12.4 Å². The zero-order valence-corrected chi connectivity index (χ0v) is 14.7. The van der Waals surface area contributed by atoms with Gasteiger partial charge in [0.25, 0.3) is 0 Å². The molecule has 0 saturated carbocycles. The van der Waals surface area contributed by atoms with Gasteiger partial charge >= 0.3 is 0 Å². The molecular formula is C13H18Cl3NO3S. The first-order valence-electron chi connectivity index (χ1n) is 6.30. The van der Waals surface area contributed by atoms with Crippen LogP contribution < -0.4 is 5.32 Å². The van der Waals surface area contributed by atoms with Gasteiger partial charge in [-0.25, -0.2) is 8.42 Å². The Kier molecular flexibility index (Phi) is 7.24. The molecule has 1 aliphatic heterocycles. The smallest absolute Gasteiger partial charge is 0.149 e. The third-order valence-electron chi connectivity index (χ3n) is 3.29. The summed E-state index contributed by atoms with van der Waals surface area (Å²) in [7, 11) is -3.08. The summed E-state index contributed by atoms with van der Waals surface area (Å²) in [4.78, 5) is 0. The van der Waals surface area contributed by atoms with E-state index in [1.807, 2.05) is 6.07 Å². The van der Waals surface area contributed by atoms with E-state index < -0.39 is 9.84 Å². The summed E-state index contributed by atoms with van der Waals surface area (Å²) in [6, 6.07) is 5.18. The Labute approximate surface area is 141 Å². The highest BCUT2D eigenvalue weighted by molar-refractivity contribution is 7.90. The Bertz CT molecular complexity index is 580. The molecule has 0 aromatic heterocycles. The number of nitrogens with one attached hydrogen (secondary N) is 1. The van der Waals surface area contributed by atoms with Gasteiger partial charge in [0.2, 0.25) is 0 Å². The molecule has 1 aliphatic rings. The number of hydrogen-bond donors (Lipinski definition) is 1. The molecule has 0 amide bonds. The van der Waals surface area contributed by atoms with Crippen LogP contribution in [0.25, 0.3) is 0 Å². The van der Waals surface area contributed by atoms with Crippen molar-refractivity contribution < 1.29 is 13.2 Å². The maximum atomic E-state index is 11.6. The van der Waals surface area contributed by atoms with Gasteiger partial charge in [0, 0.05) is 24.8 Å². The number of sulfone groups is 1. The van der Waals surface area contributed by atoms with Gasteiger partial charge in [0.15, 0.2) is 0 Å². The second-order valence-corrected chi connectivity index (χ2v) is 8.01. The lowest BCUT2D eigenvalue weighted by molar-refractivity contribution is 0.138. The molecule has 1 saturated heterocycles. The van der Waals surface area contributed by atoms with Gasteiger partial charge in [-0.05, 0) is 17.7 Å². The van der Waals surface area contributed by atoms with Gasteiger partial charge in [0.1, 0.15) is 9.84 Å². The molecule has 120 valence electrons. The normalized spacial score (nSPS) is 23.2. The van der Waals surface area contributed by atoms with E-state index >= 15 is 0 Å². The number of benzene rings is 1. The molecule has 21 heavy (non-hydrogen) atoms. The molecule has 8 heteroatoms. The molecule has 4 nitrogen and oxygen atoms in total. The monoisotopic (exact) mass is 373 g/mol. The second kappa shape index (κ2) is 7.99. The molecule has 0 spiro atoms. The highest BCUT2D eigenvalue weighted by Gasteiger charge is 2.28. The van der Waals surface area contributed by atoms with E-state index in [0.717, 1.165) is 5.56 Å². The maximum Gasteiger partial charge on any atom is 0.149 e. The quantitative estimate of drug-likeness (QED) is 0.883. The molecule has 0 radical (unpaired) electrons. The van der Waals surface area contributed by atoms with Crippen LogP contribution in [-0.2, 0) is 14.6 Å². The third kappa shape index (κ3) is 5.58. The largest absolute Gasteiger partial charge is 0.379 e. The van der Waals surface area contributed by atoms with Crippen LogP contribution in [0.4, 0.5) is 0 Å². The van der Waals surface area contributed by atoms with Crippen molar-refractivity contribution in [3.63, 3.8) is 0 Å². The van der Waals surface area contributed by atoms with Crippen molar-refractivity contribution in [3.05, 3.63) is 33.8 Å². The summed E-state index contributed by atoms with van der Waals surface area (Å²) >= 11 is 12.0. The zero-order chi connectivity index (χ0) is 14.8. The van der Waals surface area contributed by atoms with Crippen molar-refractivity contribution in [1.82, 2.24) is 5.32 Å². The van der Waals surface area contributed by atoms with Crippen molar-refractivity contribution in [3.8, 4) is 0 Å². The molecule has 1 aromatic rings. The van der Waals surface area contributed by atoms with Crippen molar-refractivity contribution >= 4 is 45.4 Å². The number of ether oxygens (including phenoxy) is 1. The van der Waals surface area contributed by atoms with Crippen LogP contribution >= 0.6 is 35.6 Å². The number of hydrogen-bond acceptors (Lipinski definition) is 4. The standard InChI is InChI=1S/C13H17Cl2NO3S.ClH/c1-20(17,18)8-13-10(7-19-5-4-16-13)9-2-3-11(14)12(15)6-9;/h2-3,6,10,13,16H,4-5,7-8H2,1H3;1H. The second-order valence-electron chi connectivity index (χ2n) is 5.01. The average Bonchev–Trinajstić information content (AvgIpc) is 2.56. The topological polar surface area (TPSA) is 55.4 Å². The van der Waals surface area contributed by atoms with Crippen molar-refractivity contribution in [2.75, 3.05) is 31.8 Å². The van der Waals surface area contributed by atoms with Crippen molar-refractivity contribution in [1.29, 1.82) is 0 Å². The molecule has 1 heterocycles. The average molecular weight is 375 g/mol. The SMILES string of the molecule is CS(=O)(=O)CC1NCCOCC1c1ccc(Cl)c(Cl)c1.Cl. The van der Waals surface area contributed by atoms with Gasteiger partial charge < -0.3 is 10.1 Å². The number of rotatable bonds is 3. The zero-order valence-electron chi connectivity index (χ0n) is 11.5. The maximum absolute atomic E-state index is 11.6. The predicted molar refractivity (Wildman–Crippen MR) is 88.8 cm³/mol. The molecule has 0 aliphatic carbocycles. The fraction of sp³-hybridized carbons (Fsp3) is 0.538. The predicted octanol–water partition coefficient (Wildman–Crippen LogP) is 2.53. The Morgan fingerprint density at radius 1 is 1.33 bits per heavy atom. The molecule has 1 fully saturated rings. The van der Waals surface area contributed by atoms with Crippen LogP contribution in [0.1, 0.15) is 11.5 Å². The fourth-order valence-electron chi connectivity index (χ4n) is 2.36. The fourth-order valence-corrected chi connectivity index (χ4v) is 3.67. The lowest BCUT2D eigenvalue weighted by atomic mass is 9.93.